The lowest BCUT2D eigenvalue weighted by molar-refractivity contribution is -0.123. The summed E-state index contributed by atoms with van der Waals surface area (Å²) in [4.78, 5) is 11.8. The lowest BCUT2D eigenvalue weighted by atomic mass is 10.2. The van der Waals surface area contributed by atoms with Gasteiger partial charge in [-0.25, -0.2) is 4.39 Å². The van der Waals surface area contributed by atoms with Crippen LogP contribution in [0.15, 0.2) is 59.2 Å². The molecular weight excluding hydrogens is 387 g/mol. The van der Waals surface area contributed by atoms with Gasteiger partial charge in [-0.2, -0.15) is 0 Å². The molecule has 0 spiro atoms. The predicted molar refractivity (Wildman–Crippen MR) is 99.2 cm³/mol. The summed E-state index contributed by atoms with van der Waals surface area (Å²) in [7, 11) is 0. The van der Waals surface area contributed by atoms with Gasteiger partial charge in [0, 0.05) is 29.3 Å². The van der Waals surface area contributed by atoms with Crippen molar-refractivity contribution in [1.29, 1.82) is 0 Å². The lowest BCUT2D eigenvalue weighted by Gasteiger charge is -2.09. The number of ether oxygens (including phenoxy) is 1. The molecule has 0 aliphatic heterocycles. The number of benzene rings is 2. The van der Waals surface area contributed by atoms with Crippen LogP contribution in [-0.2, 0) is 11.3 Å². The standard InChI is InChI=1S/C19H18BrFN2O2/c20-15-6-7-18(16(21)12-15)25-13-19(24)22-9-3-10-23-11-8-14-4-1-2-5-17(14)23/h1-2,4-8,11-12H,3,9-10,13H2,(H,22,24). The summed E-state index contributed by atoms with van der Waals surface area (Å²) >= 11 is 3.17. The fraction of sp³-hybridized carbons (Fsp3) is 0.211. The Labute approximate surface area is 153 Å². The highest BCUT2D eigenvalue weighted by molar-refractivity contribution is 9.10. The number of nitrogens with one attached hydrogen (secondary N) is 1. The maximum atomic E-state index is 13.6. The summed E-state index contributed by atoms with van der Waals surface area (Å²) in [5.41, 5.74) is 1.18. The number of aryl methyl sites for hydroxylation is 1. The minimum Gasteiger partial charge on any atom is -0.481 e. The second kappa shape index (κ2) is 8.16. The number of fused-ring (bicyclic) bond motifs is 1. The Balaban J connectivity index is 1.40. The fourth-order valence-corrected chi connectivity index (χ4v) is 2.93. The van der Waals surface area contributed by atoms with E-state index in [4.69, 9.17) is 4.74 Å². The van der Waals surface area contributed by atoms with Crippen LogP contribution in [0.3, 0.4) is 0 Å². The van der Waals surface area contributed by atoms with Crippen molar-refractivity contribution in [3.8, 4) is 5.75 Å². The Hall–Kier alpha value is -2.34. The highest BCUT2D eigenvalue weighted by atomic mass is 79.9. The molecular formula is C19H18BrFN2O2. The van der Waals surface area contributed by atoms with Crippen molar-refractivity contribution in [2.45, 2.75) is 13.0 Å². The zero-order valence-corrected chi connectivity index (χ0v) is 15.1. The molecule has 25 heavy (non-hydrogen) atoms. The molecule has 2 aromatic carbocycles. The van der Waals surface area contributed by atoms with E-state index >= 15 is 0 Å². The number of carbonyl (C=O) groups is 1. The molecule has 1 aromatic heterocycles. The van der Waals surface area contributed by atoms with Crippen molar-refractivity contribution < 1.29 is 13.9 Å². The molecule has 0 atom stereocenters. The number of hydrogen-bond donors (Lipinski definition) is 1. The molecule has 4 nitrogen and oxygen atoms in total. The Morgan fingerprint density at radius 2 is 2.04 bits per heavy atom. The van der Waals surface area contributed by atoms with Gasteiger partial charge >= 0.3 is 0 Å². The van der Waals surface area contributed by atoms with Gasteiger partial charge in [0.2, 0.25) is 0 Å². The number of hydrogen-bond acceptors (Lipinski definition) is 2. The fourth-order valence-electron chi connectivity index (χ4n) is 2.60. The van der Waals surface area contributed by atoms with Gasteiger partial charge in [-0.15, -0.1) is 0 Å². The SMILES string of the molecule is O=C(COc1ccc(Br)cc1F)NCCCn1ccc2ccccc21. The third-order valence-electron chi connectivity index (χ3n) is 3.83. The molecule has 0 radical (unpaired) electrons. The number of nitrogens with zero attached hydrogens (tertiary/aromatic N) is 1. The first kappa shape index (κ1) is 17.5. The van der Waals surface area contributed by atoms with Crippen molar-refractivity contribution in [2.24, 2.45) is 0 Å². The minimum atomic E-state index is -0.498. The van der Waals surface area contributed by atoms with Crippen LogP contribution >= 0.6 is 15.9 Å². The molecule has 1 N–H and O–H groups in total. The molecule has 130 valence electrons. The van der Waals surface area contributed by atoms with Crippen LogP contribution in [0.1, 0.15) is 6.42 Å². The third-order valence-corrected chi connectivity index (χ3v) is 4.32. The van der Waals surface area contributed by atoms with Crippen molar-refractivity contribution in [3.05, 3.63) is 65.0 Å². The van der Waals surface area contributed by atoms with Crippen LogP contribution in [0.4, 0.5) is 4.39 Å². The van der Waals surface area contributed by atoms with Gasteiger partial charge in [-0.3, -0.25) is 4.79 Å². The number of rotatable bonds is 7. The Kier molecular flexibility index (Phi) is 5.71. The number of para-hydroxylation sites is 1. The lowest BCUT2D eigenvalue weighted by Crippen LogP contribution is -2.30. The van der Waals surface area contributed by atoms with Gasteiger partial charge in [0.05, 0.1) is 0 Å². The van der Waals surface area contributed by atoms with E-state index in [1.54, 1.807) is 6.07 Å². The summed E-state index contributed by atoms with van der Waals surface area (Å²) in [6, 6.07) is 14.7. The number of carbonyl (C=O) groups excluding carboxylic acids is 1. The van der Waals surface area contributed by atoms with Gasteiger partial charge in [-0.1, -0.05) is 34.1 Å². The smallest absolute Gasteiger partial charge is 0.257 e. The van der Waals surface area contributed by atoms with Crippen LogP contribution in [0.25, 0.3) is 10.9 Å². The molecule has 0 fully saturated rings. The van der Waals surface area contributed by atoms with E-state index in [9.17, 15) is 9.18 Å². The largest absolute Gasteiger partial charge is 0.481 e. The maximum Gasteiger partial charge on any atom is 0.257 e. The first-order valence-corrected chi connectivity index (χ1v) is 8.81. The molecule has 0 aliphatic rings. The molecule has 1 heterocycles. The Morgan fingerprint density at radius 3 is 2.88 bits per heavy atom. The highest BCUT2D eigenvalue weighted by Crippen LogP contribution is 2.21. The summed E-state index contributed by atoms with van der Waals surface area (Å²) < 4.78 is 21.6. The van der Waals surface area contributed by atoms with E-state index in [2.05, 4.69) is 44.0 Å². The van der Waals surface area contributed by atoms with Crippen molar-refractivity contribution >= 4 is 32.7 Å². The summed E-state index contributed by atoms with van der Waals surface area (Å²) in [5.74, 6) is -0.696. The topological polar surface area (TPSA) is 43.3 Å². The van der Waals surface area contributed by atoms with E-state index < -0.39 is 5.82 Å². The zero-order chi connectivity index (χ0) is 17.6. The average Bonchev–Trinajstić information content (AvgIpc) is 3.01. The average molecular weight is 405 g/mol. The van der Waals surface area contributed by atoms with Gasteiger partial charge in [0.1, 0.15) is 0 Å². The first-order chi connectivity index (χ1) is 12.1. The van der Waals surface area contributed by atoms with E-state index in [0.29, 0.717) is 11.0 Å². The quantitative estimate of drug-likeness (QED) is 0.601. The molecule has 0 saturated carbocycles. The Bertz CT molecular complexity index is 879. The van der Waals surface area contributed by atoms with Gasteiger partial charge in [0.15, 0.2) is 18.2 Å². The van der Waals surface area contributed by atoms with Crippen molar-refractivity contribution in [2.75, 3.05) is 13.2 Å². The molecule has 0 unspecified atom stereocenters. The van der Waals surface area contributed by atoms with Crippen molar-refractivity contribution in [1.82, 2.24) is 9.88 Å². The molecule has 0 aliphatic carbocycles. The molecule has 1 amide bonds. The normalized spacial score (nSPS) is 10.8. The first-order valence-electron chi connectivity index (χ1n) is 8.02. The molecule has 0 saturated heterocycles. The van der Waals surface area contributed by atoms with E-state index in [-0.39, 0.29) is 18.3 Å². The predicted octanol–water partition coefficient (Wildman–Crippen LogP) is 4.13. The van der Waals surface area contributed by atoms with E-state index in [1.165, 1.54) is 23.0 Å². The van der Waals surface area contributed by atoms with Gasteiger partial charge < -0.3 is 14.6 Å². The molecule has 3 rings (SSSR count). The monoisotopic (exact) mass is 404 g/mol. The summed E-state index contributed by atoms with van der Waals surface area (Å²) in [6.45, 7) is 1.15. The minimum absolute atomic E-state index is 0.0668. The van der Waals surface area contributed by atoms with Crippen LogP contribution in [0, 0.1) is 5.82 Å². The second-order valence-electron chi connectivity index (χ2n) is 5.63. The number of aromatic nitrogens is 1. The molecule has 6 heteroatoms. The van der Waals surface area contributed by atoms with E-state index in [0.717, 1.165) is 13.0 Å². The number of halogens is 2. The van der Waals surface area contributed by atoms with E-state index in [1.807, 2.05) is 18.3 Å². The zero-order valence-electron chi connectivity index (χ0n) is 13.5. The molecule has 3 aromatic rings. The highest BCUT2D eigenvalue weighted by Gasteiger charge is 2.07. The Morgan fingerprint density at radius 1 is 1.20 bits per heavy atom. The summed E-state index contributed by atoms with van der Waals surface area (Å²) in [5, 5.41) is 3.99. The van der Waals surface area contributed by atoms with Gasteiger partial charge in [0.25, 0.3) is 5.91 Å². The van der Waals surface area contributed by atoms with Crippen LogP contribution in [0.5, 0.6) is 5.75 Å². The van der Waals surface area contributed by atoms with Crippen LogP contribution in [0.2, 0.25) is 0 Å². The number of amides is 1. The molecule has 0 bridgehead atoms. The van der Waals surface area contributed by atoms with Crippen molar-refractivity contribution in [3.63, 3.8) is 0 Å². The summed E-state index contributed by atoms with van der Waals surface area (Å²) in [6.07, 6.45) is 2.85. The van der Waals surface area contributed by atoms with Crippen LogP contribution in [-0.4, -0.2) is 23.6 Å². The third kappa shape index (κ3) is 4.60. The maximum absolute atomic E-state index is 13.6. The van der Waals surface area contributed by atoms with Gasteiger partial charge in [-0.05, 0) is 42.1 Å². The second-order valence-corrected chi connectivity index (χ2v) is 6.55. The van der Waals surface area contributed by atoms with Crippen LogP contribution < -0.4 is 10.1 Å².